The number of halogens is 2. The summed E-state index contributed by atoms with van der Waals surface area (Å²) < 4.78 is 10.3. The highest BCUT2D eigenvalue weighted by Gasteiger charge is 2.38. The second-order valence-electron chi connectivity index (χ2n) is 3.33. The minimum atomic E-state index is -1.36. The number of rotatable bonds is 4. The number of hydrogen-bond acceptors (Lipinski definition) is 3. The molecule has 0 saturated carbocycles. The molecule has 4 nitrogen and oxygen atoms in total. The Bertz CT molecular complexity index is 399. The van der Waals surface area contributed by atoms with Crippen molar-refractivity contribution in [3.63, 3.8) is 0 Å². The maximum atomic E-state index is 11.0. The van der Waals surface area contributed by atoms with Gasteiger partial charge in [0.05, 0.1) is 15.6 Å². The van der Waals surface area contributed by atoms with Gasteiger partial charge in [-0.15, -0.1) is 0 Å². The number of carbonyl (C=O) groups excluding carboxylic acids is 1. The minimum absolute atomic E-state index is 0.329. The Labute approximate surface area is 110 Å². The van der Waals surface area contributed by atoms with E-state index in [4.69, 9.17) is 38.4 Å². The topological polar surface area (TPSA) is 61.6 Å². The van der Waals surface area contributed by atoms with Gasteiger partial charge in [0.1, 0.15) is 0 Å². The van der Waals surface area contributed by atoms with Gasteiger partial charge in [-0.2, -0.15) is 0 Å². The first-order valence-electron chi connectivity index (χ1n) is 4.95. The third-order valence-electron chi connectivity index (χ3n) is 2.40. The summed E-state index contributed by atoms with van der Waals surface area (Å²) in [5, 5.41) is 0.699. The normalized spacial score (nSPS) is 14.1. The van der Waals surface area contributed by atoms with Crippen molar-refractivity contribution in [3.8, 4) is 0 Å². The molecule has 0 aromatic heterocycles. The van der Waals surface area contributed by atoms with Gasteiger partial charge in [0, 0.05) is 13.5 Å². The Hall–Kier alpha value is -0.970. The summed E-state index contributed by atoms with van der Waals surface area (Å²) in [5.74, 6) is -1.36. The van der Waals surface area contributed by atoms with Crippen LogP contribution >= 0.6 is 23.2 Å². The van der Waals surface area contributed by atoms with E-state index in [1.54, 1.807) is 25.1 Å². The molecule has 17 heavy (non-hydrogen) atoms. The molecular formula is C11H13Cl2NO3. The molecule has 1 atom stereocenters. The monoisotopic (exact) mass is 277 g/mol. The zero-order chi connectivity index (χ0) is 13.1. The molecule has 0 aliphatic rings. The van der Waals surface area contributed by atoms with E-state index in [1.165, 1.54) is 7.11 Å². The van der Waals surface area contributed by atoms with Crippen molar-refractivity contribution in [1.29, 1.82) is 0 Å². The maximum absolute atomic E-state index is 11.0. The van der Waals surface area contributed by atoms with Crippen LogP contribution in [0.25, 0.3) is 0 Å². The predicted molar refractivity (Wildman–Crippen MR) is 66.1 cm³/mol. The van der Waals surface area contributed by atoms with Crippen LogP contribution in [0.1, 0.15) is 18.9 Å². The van der Waals surface area contributed by atoms with Gasteiger partial charge in [-0.1, -0.05) is 36.2 Å². The van der Waals surface area contributed by atoms with Crippen molar-refractivity contribution in [1.82, 2.24) is 0 Å². The van der Waals surface area contributed by atoms with Crippen LogP contribution in [-0.2, 0) is 15.3 Å². The van der Waals surface area contributed by atoms with Gasteiger partial charge >= 0.3 is 6.09 Å². The molecule has 0 fully saturated rings. The highest BCUT2D eigenvalue weighted by atomic mass is 35.5. The Morgan fingerprint density at radius 1 is 1.41 bits per heavy atom. The summed E-state index contributed by atoms with van der Waals surface area (Å²) >= 11 is 12.1. The fourth-order valence-corrected chi connectivity index (χ4v) is 2.30. The van der Waals surface area contributed by atoms with Gasteiger partial charge in [-0.25, -0.2) is 4.79 Å². The molecule has 6 heteroatoms. The molecule has 0 saturated heterocycles. The lowest BCUT2D eigenvalue weighted by Crippen LogP contribution is -2.36. The second kappa shape index (κ2) is 5.58. The van der Waals surface area contributed by atoms with Crippen LogP contribution in [0.3, 0.4) is 0 Å². The first-order valence-corrected chi connectivity index (χ1v) is 5.70. The van der Waals surface area contributed by atoms with Gasteiger partial charge in [0.25, 0.3) is 0 Å². The summed E-state index contributed by atoms with van der Waals surface area (Å²) in [6, 6.07) is 4.96. The predicted octanol–water partition coefficient (Wildman–Crippen LogP) is 3.30. The van der Waals surface area contributed by atoms with Crippen LogP contribution in [0.15, 0.2) is 18.2 Å². The van der Waals surface area contributed by atoms with E-state index in [2.05, 4.69) is 0 Å². The molecule has 0 heterocycles. The number of methoxy groups -OCH3 is 1. The van der Waals surface area contributed by atoms with Gasteiger partial charge in [0.15, 0.2) is 0 Å². The molecule has 0 aliphatic carbocycles. The van der Waals surface area contributed by atoms with Gasteiger partial charge in [-0.05, 0) is 12.1 Å². The average Bonchev–Trinajstić information content (AvgIpc) is 2.26. The third kappa shape index (κ3) is 2.83. The first-order chi connectivity index (χ1) is 7.96. The molecular weight excluding hydrogens is 265 g/mol. The molecule has 0 spiro atoms. The fourth-order valence-electron chi connectivity index (χ4n) is 1.61. The van der Waals surface area contributed by atoms with Gasteiger partial charge in [-0.3, -0.25) is 0 Å². The smallest absolute Gasteiger partial charge is 0.407 e. The molecule has 1 amide bonds. The van der Waals surface area contributed by atoms with E-state index >= 15 is 0 Å². The number of benzene rings is 1. The molecule has 1 unspecified atom stereocenters. The molecule has 94 valence electrons. The Morgan fingerprint density at radius 3 is 2.29 bits per heavy atom. The van der Waals surface area contributed by atoms with E-state index in [0.717, 1.165) is 0 Å². The highest BCUT2D eigenvalue weighted by molar-refractivity contribution is 6.36. The standard InChI is InChI=1S/C11H13Cl2NO3/c1-3-11(16-2,17-10(14)15)9-7(12)5-4-6-8(9)13/h4-6H,3H2,1-2H3,(H2,14,15). The lowest BCUT2D eigenvalue weighted by atomic mass is 10.0. The van der Waals surface area contributed by atoms with Crippen LogP contribution < -0.4 is 5.73 Å². The number of carbonyl (C=O) groups is 1. The number of primary amides is 1. The van der Waals surface area contributed by atoms with Crippen molar-refractivity contribution in [3.05, 3.63) is 33.8 Å². The van der Waals surface area contributed by atoms with E-state index < -0.39 is 11.9 Å². The summed E-state index contributed by atoms with van der Waals surface area (Å²) in [6.45, 7) is 1.77. The summed E-state index contributed by atoms with van der Waals surface area (Å²) in [7, 11) is 1.39. The summed E-state index contributed by atoms with van der Waals surface area (Å²) in [6.07, 6.45) is -0.625. The third-order valence-corrected chi connectivity index (χ3v) is 3.03. The maximum Gasteiger partial charge on any atom is 0.407 e. The first kappa shape index (κ1) is 14.1. The van der Waals surface area contributed by atoms with Crippen LogP contribution in [0.5, 0.6) is 0 Å². The molecule has 0 radical (unpaired) electrons. The van der Waals surface area contributed by atoms with Crippen LogP contribution in [-0.4, -0.2) is 13.2 Å². The Balaban J connectivity index is 3.36. The lowest BCUT2D eigenvalue weighted by molar-refractivity contribution is -0.193. The van der Waals surface area contributed by atoms with Crippen molar-refractivity contribution in [2.75, 3.05) is 7.11 Å². The van der Waals surface area contributed by atoms with E-state index in [-0.39, 0.29) is 0 Å². The van der Waals surface area contributed by atoms with E-state index in [1.807, 2.05) is 0 Å². The number of hydrogen-bond donors (Lipinski definition) is 1. The SMILES string of the molecule is CCC(OC)(OC(N)=O)c1c(Cl)cccc1Cl. The van der Waals surface area contributed by atoms with Crippen LogP contribution in [0, 0.1) is 0 Å². The van der Waals surface area contributed by atoms with E-state index in [9.17, 15) is 4.79 Å². The molecule has 0 bridgehead atoms. The van der Waals surface area contributed by atoms with Gasteiger partial charge in [0.2, 0.25) is 5.79 Å². The zero-order valence-corrected chi connectivity index (χ0v) is 11.0. The number of amides is 1. The van der Waals surface area contributed by atoms with E-state index in [0.29, 0.717) is 22.0 Å². The summed E-state index contributed by atoms with van der Waals surface area (Å²) in [5.41, 5.74) is 5.44. The van der Waals surface area contributed by atoms with Crippen LogP contribution in [0.2, 0.25) is 10.0 Å². The minimum Gasteiger partial charge on any atom is -0.412 e. The second-order valence-corrected chi connectivity index (χ2v) is 4.14. The van der Waals surface area contributed by atoms with Crippen LogP contribution in [0.4, 0.5) is 4.79 Å². The molecule has 2 N–H and O–H groups in total. The largest absolute Gasteiger partial charge is 0.412 e. The number of nitrogens with two attached hydrogens (primary N) is 1. The molecule has 1 aromatic rings. The Kier molecular flexibility index (Phi) is 4.62. The number of ether oxygens (including phenoxy) is 2. The van der Waals surface area contributed by atoms with Gasteiger partial charge < -0.3 is 15.2 Å². The van der Waals surface area contributed by atoms with Crippen molar-refractivity contribution in [2.45, 2.75) is 19.1 Å². The lowest BCUT2D eigenvalue weighted by Gasteiger charge is -2.31. The van der Waals surface area contributed by atoms with Crippen molar-refractivity contribution in [2.24, 2.45) is 5.73 Å². The summed E-state index contributed by atoms with van der Waals surface area (Å²) in [4.78, 5) is 11.0. The zero-order valence-electron chi connectivity index (χ0n) is 9.50. The Morgan fingerprint density at radius 2 is 1.94 bits per heavy atom. The average molecular weight is 278 g/mol. The van der Waals surface area contributed by atoms with Crippen molar-refractivity contribution >= 4 is 29.3 Å². The van der Waals surface area contributed by atoms with Crippen molar-refractivity contribution < 1.29 is 14.3 Å². The highest BCUT2D eigenvalue weighted by Crippen LogP contribution is 2.39. The quantitative estimate of drug-likeness (QED) is 0.859. The molecule has 1 rings (SSSR count). The molecule has 0 aliphatic heterocycles. The molecule has 1 aromatic carbocycles. The fraction of sp³-hybridized carbons (Fsp3) is 0.364.